The van der Waals surface area contributed by atoms with Crippen LogP contribution in [0.25, 0.3) is 0 Å². The van der Waals surface area contributed by atoms with Crippen LogP contribution in [-0.4, -0.2) is 54.8 Å². The summed E-state index contributed by atoms with van der Waals surface area (Å²) in [6, 6.07) is 17.3. The first kappa shape index (κ1) is 22.3. The van der Waals surface area contributed by atoms with Crippen molar-refractivity contribution in [1.29, 1.82) is 0 Å². The fraction of sp³-hybridized carbons (Fsp3) is 0.417. The molecule has 0 spiro atoms. The summed E-state index contributed by atoms with van der Waals surface area (Å²) in [5.41, 5.74) is 1.94. The van der Waals surface area contributed by atoms with Crippen LogP contribution in [0, 0.1) is 5.92 Å². The van der Waals surface area contributed by atoms with Gasteiger partial charge in [0.1, 0.15) is 0 Å². The Morgan fingerprint density at radius 2 is 1.73 bits per heavy atom. The van der Waals surface area contributed by atoms with E-state index < -0.39 is 0 Å². The Morgan fingerprint density at radius 1 is 1.07 bits per heavy atom. The Bertz CT molecular complexity index is 818. The molecule has 1 aliphatic rings. The van der Waals surface area contributed by atoms with Gasteiger partial charge in [0.2, 0.25) is 5.91 Å². The molecule has 0 radical (unpaired) electrons. The first-order valence-corrected chi connectivity index (χ1v) is 11.0. The van der Waals surface area contributed by atoms with Crippen molar-refractivity contribution in [2.24, 2.45) is 5.92 Å². The molecule has 0 aromatic heterocycles. The first-order valence-electron chi connectivity index (χ1n) is 10.6. The van der Waals surface area contributed by atoms with Gasteiger partial charge in [-0.1, -0.05) is 41.9 Å². The lowest BCUT2D eigenvalue weighted by atomic mass is 9.95. The van der Waals surface area contributed by atoms with Gasteiger partial charge >= 0.3 is 0 Å². The zero-order chi connectivity index (χ0) is 21.3. The van der Waals surface area contributed by atoms with Crippen LogP contribution in [0.3, 0.4) is 0 Å². The number of benzene rings is 2. The summed E-state index contributed by atoms with van der Waals surface area (Å²) >= 11 is 5.89. The summed E-state index contributed by atoms with van der Waals surface area (Å²) in [4.78, 5) is 29.1. The quantitative estimate of drug-likeness (QED) is 0.651. The maximum Gasteiger partial charge on any atom is 0.253 e. The van der Waals surface area contributed by atoms with Crippen LogP contribution < -0.4 is 5.32 Å². The molecule has 3 rings (SSSR count). The third-order valence-corrected chi connectivity index (χ3v) is 5.81. The minimum absolute atomic E-state index is 0.00646. The summed E-state index contributed by atoms with van der Waals surface area (Å²) in [6.45, 7) is 3.75. The molecular formula is C24H30ClN3O2. The highest BCUT2D eigenvalue weighted by molar-refractivity contribution is 6.30. The van der Waals surface area contributed by atoms with Crippen molar-refractivity contribution in [3.8, 4) is 0 Å². The van der Waals surface area contributed by atoms with Crippen molar-refractivity contribution in [2.45, 2.75) is 25.8 Å². The van der Waals surface area contributed by atoms with E-state index in [2.05, 4.69) is 41.5 Å². The summed E-state index contributed by atoms with van der Waals surface area (Å²) < 4.78 is 0. The van der Waals surface area contributed by atoms with Crippen LogP contribution in [0.1, 0.15) is 35.2 Å². The Morgan fingerprint density at radius 3 is 2.40 bits per heavy atom. The maximum absolute atomic E-state index is 12.6. The van der Waals surface area contributed by atoms with Crippen LogP contribution >= 0.6 is 11.6 Å². The summed E-state index contributed by atoms with van der Waals surface area (Å²) in [7, 11) is 2.10. The van der Waals surface area contributed by atoms with Crippen LogP contribution in [-0.2, 0) is 11.3 Å². The van der Waals surface area contributed by atoms with Crippen LogP contribution in [0.15, 0.2) is 54.6 Å². The molecule has 0 saturated carbocycles. The third kappa shape index (κ3) is 6.57. The number of carbonyl (C=O) groups excluding carboxylic acids is 2. The average Bonchev–Trinajstić information content (AvgIpc) is 2.77. The minimum Gasteiger partial charge on any atom is -0.356 e. The molecule has 5 nitrogen and oxygen atoms in total. The first-order chi connectivity index (χ1) is 14.5. The lowest BCUT2D eigenvalue weighted by Gasteiger charge is -2.31. The van der Waals surface area contributed by atoms with Crippen molar-refractivity contribution in [1.82, 2.24) is 15.1 Å². The SMILES string of the molecule is CN(CCCNC(=O)C1CCN(C(=O)c2ccc(Cl)cc2)CC1)Cc1ccccc1. The maximum atomic E-state index is 12.6. The minimum atomic E-state index is -0.0127. The molecule has 1 heterocycles. The van der Waals surface area contributed by atoms with Gasteiger partial charge < -0.3 is 15.1 Å². The summed E-state index contributed by atoms with van der Waals surface area (Å²) in [5.74, 6) is 0.104. The summed E-state index contributed by atoms with van der Waals surface area (Å²) in [6.07, 6.45) is 2.33. The Kier molecular flexibility index (Phi) is 8.29. The van der Waals surface area contributed by atoms with Gasteiger partial charge in [0.15, 0.2) is 0 Å². The molecule has 2 amide bonds. The zero-order valence-corrected chi connectivity index (χ0v) is 18.3. The number of hydrogen-bond acceptors (Lipinski definition) is 3. The number of rotatable bonds is 8. The molecule has 0 bridgehead atoms. The number of carbonyl (C=O) groups is 2. The largest absolute Gasteiger partial charge is 0.356 e. The molecule has 0 aliphatic carbocycles. The van der Waals surface area contributed by atoms with E-state index in [-0.39, 0.29) is 17.7 Å². The van der Waals surface area contributed by atoms with Gasteiger partial charge in [-0.3, -0.25) is 9.59 Å². The van der Waals surface area contributed by atoms with Gasteiger partial charge in [0.05, 0.1) is 0 Å². The van der Waals surface area contributed by atoms with Crippen LogP contribution in [0.4, 0.5) is 0 Å². The molecule has 1 saturated heterocycles. The highest BCUT2D eigenvalue weighted by Crippen LogP contribution is 2.20. The van der Waals surface area contributed by atoms with E-state index in [0.717, 1.165) is 19.5 Å². The predicted molar refractivity (Wildman–Crippen MR) is 120 cm³/mol. The lowest BCUT2D eigenvalue weighted by Crippen LogP contribution is -2.43. The second kappa shape index (κ2) is 11.1. The third-order valence-electron chi connectivity index (χ3n) is 5.56. The van der Waals surface area contributed by atoms with E-state index in [1.807, 2.05) is 11.0 Å². The molecule has 2 aromatic carbocycles. The number of likely N-dealkylation sites (tertiary alicyclic amines) is 1. The molecule has 160 valence electrons. The highest BCUT2D eigenvalue weighted by atomic mass is 35.5. The molecule has 6 heteroatoms. The van der Waals surface area contributed by atoms with Crippen molar-refractivity contribution in [3.63, 3.8) is 0 Å². The molecule has 1 aliphatic heterocycles. The topological polar surface area (TPSA) is 52.7 Å². The fourth-order valence-corrected chi connectivity index (χ4v) is 3.92. The van der Waals surface area contributed by atoms with Crippen molar-refractivity contribution in [3.05, 3.63) is 70.7 Å². The predicted octanol–water partition coefficient (Wildman–Crippen LogP) is 3.83. The summed E-state index contributed by atoms with van der Waals surface area (Å²) in [5, 5.41) is 3.69. The normalized spacial score (nSPS) is 14.7. The monoisotopic (exact) mass is 427 g/mol. The van der Waals surface area contributed by atoms with Gasteiger partial charge in [-0.25, -0.2) is 0 Å². The smallest absolute Gasteiger partial charge is 0.253 e. The van der Waals surface area contributed by atoms with Gasteiger partial charge in [0.25, 0.3) is 5.91 Å². The van der Waals surface area contributed by atoms with Gasteiger partial charge in [-0.05, 0) is 62.7 Å². The number of nitrogens with one attached hydrogen (secondary N) is 1. The zero-order valence-electron chi connectivity index (χ0n) is 17.5. The molecule has 1 fully saturated rings. The molecule has 2 aromatic rings. The van der Waals surface area contributed by atoms with Gasteiger partial charge in [-0.15, -0.1) is 0 Å². The molecule has 1 N–H and O–H groups in total. The van der Waals surface area contributed by atoms with E-state index in [0.29, 0.717) is 43.1 Å². The second-order valence-corrected chi connectivity index (χ2v) is 8.38. The standard InChI is InChI=1S/C24H30ClN3O2/c1-27(18-19-6-3-2-4-7-19)15-5-14-26-23(29)20-12-16-28(17-13-20)24(30)21-8-10-22(25)11-9-21/h2-4,6-11,20H,5,12-18H2,1H3,(H,26,29). The number of amides is 2. The lowest BCUT2D eigenvalue weighted by molar-refractivity contribution is -0.126. The fourth-order valence-electron chi connectivity index (χ4n) is 3.80. The van der Waals surface area contributed by atoms with E-state index in [1.165, 1.54) is 5.56 Å². The number of hydrogen-bond donors (Lipinski definition) is 1. The number of halogens is 1. The number of nitrogens with zero attached hydrogens (tertiary/aromatic N) is 2. The van der Waals surface area contributed by atoms with Crippen LogP contribution in [0.5, 0.6) is 0 Å². The van der Waals surface area contributed by atoms with E-state index in [9.17, 15) is 9.59 Å². The Balaban J connectivity index is 1.33. The van der Waals surface area contributed by atoms with Crippen LogP contribution in [0.2, 0.25) is 5.02 Å². The molecule has 30 heavy (non-hydrogen) atoms. The number of piperidine rings is 1. The van der Waals surface area contributed by atoms with Crippen molar-refractivity contribution in [2.75, 3.05) is 33.2 Å². The molecular weight excluding hydrogens is 398 g/mol. The van der Waals surface area contributed by atoms with E-state index in [4.69, 9.17) is 11.6 Å². The highest BCUT2D eigenvalue weighted by Gasteiger charge is 2.27. The molecule has 0 unspecified atom stereocenters. The second-order valence-electron chi connectivity index (χ2n) is 7.94. The van der Waals surface area contributed by atoms with E-state index in [1.54, 1.807) is 24.3 Å². The van der Waals surface area contributed by atoms with Gasteiger partial charge in [-0.2, -0.15) is 0 Å². The van der Waals surface area contributed by atoms with Gasteiger partial charge in [0, 0.05) is 42.7 Å². The average molecular weight is 428 g/mol. The van der Waals surface area contributed by atoms with Crippen molar-refractivity contribution >= 4 is 23.4 Å². The van der Waals surface area contributed by atoms with E-state index >= 15 is 0 Å². The Labute approximate surface area is 184 Å². The molecule has 0 atom stereocenters. The Hall–Kier alpha value is -2.37. The van der Waals surface area contributed by atoms with Crippen molar-refractivity contribution < 1.29 is 9.59 Å².